The van der Waals surface area contributed by atoms with Crippen molar-refractivity contribution in [3.63, 3.8) is 0 Å². The van der Waals surface area contributed by atoms with Gasteiger partial charge in [0.1, 0.15) is 5.82 Å². The molecule has 0 aromatic carbocycles. The zero-order chi connectivity index (χ0) is 8.27. The van der Waals surface area contributed by atoms with Gasteiger partial charge in [0.2, 0.25) is 5.88 Å². The van der Waals surface area contributed by atoms with Crippen LogP contribution in [0.4, 0.5) is 5.82 Å². The molecule has 11 heavy (non-hydrogen) atoms. The van der Waals surface area contributed by atoms with Gasteiger partial charge in [-0.25, -0.2) is 0 Å². The first-order valence-corrected chi connectivity index (χ1v) is 3.05. The predicted molar refractivity (Wildman–Crippen MR) is 43.1 cm³/mol. The van der Waals surface area contributed by atoms with Gasteiger partial charge in [-0.15, -0.1) is 6.42 Å². The Hall–Kier alpha value is -1.69. The number of hydrogen-bond acceptors (Lipinski definition) is 3. The van der Waals surface area contributed by atoms with Gasteiger partial charge in [-0.1, -0.05) is 5.92 Å². The highest BCUT2D eigenvalue weighted by Gasteiger charge is 1.98. The van der Waals surface area contributed by atoms with E-state index in [-0.39, 0.29) is 0 Å². The summed E-state index contributed by atoms with van der Waals surface area (Å²) in [5.74, 6) is 3.20. The Bertz CT molecular complexity index is 301. The Morgan fingerprint density at radius 3 is 2.82 bits per heavy atom. The van der Waals surface area contributed by atoms with Crippen LogP contribution in [0.1, 0.15) is 5.56 Å². The van der Waals surface area contributed by atoms with Crippen LogP contribution >= 0.6 is 0 Å². The largest absolute Gasteiger partial charge is 0.481 e. The van der Waals surface area contributed by atoms with Crippen molar-refractivity contribution in [1.82, 2.24) is 4.98 Å². The van der Waals surface area contributed by atoms with Crippen molar-refractivity contribution < 1.29 is 4.74 Å². The third-order valence-corrected chi connectivity index (χ3v) is 1.26. The van der Waals surface area contributed by atoms with Crippen LogP contribution in [0, 0.1) is 12.3 Å². The molecule has 0 aliphatic rings. The molecule has 56 valence electrons. The molecule has 0 unspecified atom stereocenters. The van der Waals surface area contributed by atoms with Crippen molar-refractivity contribution in [2.24, 2.45) is 0 Å². The summed E-state index contributed by atoms with van der Waals surface area (Å²) in [4.78, 5) is 3.88. The Morgan fingerprint density at radius 1 is 1.64 bits per heavy atom. The lowest BCUT2D eigenvalue weighted by atomic mass is 10.3. The van der Waals surface area contributed by atoms with E-state index in [1.165, 1.54) is 7.11 Å². The molecule has 0 atom stereocenters. The highest BCUT2D eigenvalue weighted by molar-refractivity contribution is 5.50. The molecule has 1 aromatic heterocycles. The van der Waals surface area contributed by atoms with Crippen LogP contribution in [0.25, 0.3) is 0 Å². The normalized spacial score (nSPS) is 8.73. The second kappa shape index (κ2) is 2.93. The minimum Gasteiger partial charge on any atom is -0.481 e. The van der Waals surface area contributed by atoms with Crippen molar-refractivity contribution >= 4 is 5.82 Å². The molecular weight excluding hydrogens is 140 g/mol. The predicted octanol–water partition coefficient (Wildman–Crippen LogP) is 0.654. The first kappa shape index (κ1) is 7.42. The quantitative estimate of drug-likeness (QED) is 0.595. The summed E-state index contributed by atoms with van der Waals surface area (Å²) >= 11 is 0. The van der Waals surface area contributed by atoms with Gasteiger partial charge in [0.15, 0.2) is 0 Å². The summed E-state index contributed by atoms with van der Waals surface area (Å²) in [6, 6.07) is 3.37. The van der Waals surface area contributed by atoms with Gasteiger partial charge >= 0.3 is 0 Å². The van der Waals surface area contributed by atoms with Gasteiger partial charge in [-0.2, -0.15) is 4.98 Å². The van der Waals surface area contributed by atoms with Crippen LogP contribution in [0.15, 0.2) is 12.1 Å². The van der Waals surface area contributed by atoms with Gasteiger partial charge in [-0.3, -0.25) is 0 Å². The van der Waals surface area contributed by atoms with Crippen LogP contribution in [0.2, 0.25) is 0 Å². The number of pyridine rings is 1. The average molecular weight is 148 g/mol. The Morgan fingerprint density at radius 2 is 2.36 bits per heavy atom. The minimum absolute atomic E-state index is 0.326. The van der Waals surface area contributed by atoms with Gasteiger partial charge in [0.25, 0.3) is 0 Å². The van der Waals surface area contributed by atoms with E-state index in [2.05, 4.69) is 10.9 Å². The highest BCUT2D eigenvalue weighted by Crippen LogP contribution is 2.12. The number of nitrogens with two attached hydrogens (primary N) is 1. The Balaban J connectivity index is 3.12. The van der Waals surface area contributed by atoms with Crippen molar-refractivity contribution in [2.75, 3.05) is 12.8 Å². The zero-order valence-electron chi connectivity index (χ0n) is 6.16. The third kappa shape index (κ3) is 1.41. The van der Waals surface area contributed by atoms with E-state index < -0.39 is 0 Å². The molecular formula is C8H8N2O. The molecule has 0 fully saturated rings. The SMILES string of the molecule is C#Cc1ccc(OC)nc1N. The van der Waals surface area contributed by atoms with E-state index in [0.717, 1.165) is 0 Å². The molecule has 0 saturated carbocycles. The summed E-state index contributed by atoms with van der Waals surface area (Å²) in [5.41, 5.74) is 6.06. The fourth-order valence-corrected chi connectivity index (χ4v) is 0.692. The lowest BCUT2D eigenvalue weighted by Gasteiger charge is -2.00. The monoisotopic (exact) mass is 148 g/mol. The molecule has 3 nitrogen and oxygen atoms in total. The van der Waals surface area contributed by atoms with E-state index in [1.54, 1.807) is 12.1 Å². The third-order valence-electron chi connectivity index (χ3n) is 1.26. The number of rotatable bonds is 1. The topological polar surface area (TPSA) is 48.1 Å². The lowest BCUT2D eigenvalue weighted by molar-refractivity contribution is 0.398. The van der Waals surface area contributed by atoms with Crippen LogP contribution in [-0.4, -0.2) is 12.1 Å². The maximum Gasteiger partial charge on any atom is 0.214 e. The van der Waals surface area contributed by atoms with Crippen molar-refractivity contribution in [2.45, 2.75) is 0 Å². The summed E-state index contributed by atoms with van der Waals surface area (Å²) in [7, 11) is 1.53. The summed E-state index contributed by atoms with van der Waals surface area (Å²) in [6.07, 6.45) is 5.13. The summed E-state index contributed by atoms with van der Waals surface area (Å²) < 4.78 is 4.83. The van der Waals surface area contributed by atoms with Gasteiger partial charge in [-0.05, 0) is 6.07 Å². The fraction of sp³-hybridized carbons (Fsp3) is 0.125. The number of ether oxygens (including phenoxy) is 1. The second-order valence-electron chi connectivity index (χ2n) is 1.93. The average Bonchev–Trinajstić information content (AvgIpc) is 2.04. The molecule has 1 heterocycles. The molecule has 0 radical (unpaired) electrons. The van der Waals surface area contributed by atoms with E-state index >= 15 is 0 Å². The Kier molecular flexibility index (Phi) is 1.98. The van der Waals surface area contributed by atoms with Crippen LogP contribution < -0.4 is 10.5 Å². The van der Waals surface area contributed by atoms with Crippen LogP contribution in [-0.2, 0) is 0 Å². The van der Waals surface area contributed by atoms with Gasteiger partial charge < -0.3 is 10.5 Å². The molecule has 0 aliphatic heterocycles. The maximum atomic E-state index is 5.47. The molecule has 0 amide bonds. The highest BCUT2D eigenvalue weighted by atomic mass is 16.5. The molecule has 0 saturated heterocycles. The zero-order valence-corrected chi connectivity index (χ0v) is 6.16. The molecule has 0 spiro atoms. The number of nitrogens with zero attached hydrogens (tertiary/aromatic N) is 1. The van der Waals surface area contributed by atoms with Crippen molar-refractivity contribution in [3.05, 3.63) is 17.7 Å². The second-order valence-corrected chi connectivity index (χ2v) is 1.93. The van der Waals surface area contributed by atoms with E-state index in [0.29, 0.717) is 17.3 Å². The molecule has 1 aromatic rings. The molecule has 3 heteroatoms. The van der Waals surface area contributed by atoms with Crippen molar-refractivity contribution in [3.8, 4) is 18.2 Å². The summed E-state index contributed by atoms with van der Waals surface area (Å²) in [6.45, 7) is 0. The maximum absolute atomic E-state index is 5.47. The molecule has 0 aliphatic carbocycles. The van der Waals surface area contributed by atoms with Crippen LogP contribution in [0.5, 0.6) is 5.88 Å². The first-order chi connectivity index (χ1) is 5.27. The number of aromatic nitrogens is 1. The fourth-order valence-electron chi connectivity index (χ4n) is 0.692. The minimum atomic E-state index is 0.326. The molecule has 0 bridgehead atoms. The summed E-state index contributed by atoms with van der Waals surface area (Å²) in [5, 5.41) is 0. The van der Waals surface area contributed by atoms with Crippen molar-refractivity contribution in [1.29, 1.82) is 0 Å². The number of anilines is 1. The Labute approximate surface area is 65.2 Å². The first-order valence-electron chi connectivity index (χ1n) is 3.05. The van der Waals surface area contributed by atoms with E-state index in [4.69, 9.17) is 16.9 Å². The van der Waals surface area contributed by atoms with Gasteiger partial charge in [0, 0.05) is 6.07 Å². The smallest absolute Gasteiger partial charge is 0.214 e. The molecule has 1 rings (SSSR count). The number of terminal acetylenes is 1. The standard InChI is InChI=1S/C8H8N2O/c1-3-6-4-5-7(11-2)10-8(6)9/h1,4-5H,2H3,(H2,9,10). The number of methoxy groups -OCH3 is 1. The van der Waals surface area contributed by atoms with E-state index in [1.807, 2.05) is 0 Å². The lowest BCUT2D eigenvalue weighted by Crippen LogP contribution is -1.96. The van der Waals surface area contributed by atoms with Gasteiger partial charge in [0.05, 0.1) is 12.7 Å². The van der Waals surface area contributed by atoms with E-state index in [9.17, 15) is 0 Å². The number of nitrogen functional groups attached to an aromatic ring is 1. The van der Waals surface area contributed by atoms with Crippen LogP contribution in [0.3, 0.4) is 0 Å². The number of hydrogen-bond donors (Lipinski definition) is 1. The molecule has 2 N–H and O–H groups in total.